The molecule has 0 radical (unpaired) electrons. The van der Waals surface area contributed by atoms with Gasteiger partial charge in [-0.25, -0.2) is 5.48 Å². The van der Waals surface area contributed by atoms with Crippen molar-refractivity contribution in [2.45, 2.75) is 60.1 Å². The summed E-state index contributed by atoms with van der Waals surface area (Å²) in [6.45, 7) is 11.5. The van der Waals surface area contributed by atoms with Gasteiger partial charge in [0.2, 0.25) is 5.91 Å². The van der Waals surface area contributed by atoms with Crippen molar-refractivity contribution in [2.75, 3.05) is 0 Å². The van der Waals surface area contributed by atoms with Crippen LogP contribution in [0.25, 0.3) is 11.5 Å². The van der Waals surface area contributed by atoms with Gasteiger partial charge in [0.05, 0.1) is 12.0 Å². The first-order valence-corrected chi connectivity index (χ1v) is 10.3. The van der Waals surface area contributed by atoms with Gasteiger partial charge < -0.3 is 14.9 Å². The van der Waals surface area contributed by atoms with Gasteiger partial charge in [0.25, 0.3) is 11.8 Å². The second-order valence-electron chi connectivity index (χ2n) is 9.29. The lowest BCUT2D eigenvalue weighted by atomic mass is 9.84. The Hall–Kier alpha value is -2.78. The Bertz CT molecular complexity index is 886. The van der Waals surface area contributed by atoms with Gasteiger partial charge in [-0.1, -0.05) is 57.5 Å². The van der Waals surface area contributed by atoms with E-state index in [1.807, 2.05) is 65.8 Å². The molecule has 2 aromatic rings. The van der Waals surface area contributed by atoms with E-state index in [0.717, 1.165) is 11.1 Å². The number of aliphatic hydroxyl groups excluding tert-OH is 1. The van der Waals surface area contributed by atoms with Crippen molar-refractivity contribution < 1.29 is 24.4 Å². The molecule has 0 spiro atoms. The van der Waals surface area contributed by atoms with Crippen molar-refractivity contribution in [3.8, 4) is 11.5 Å². The van der Waals surface area contributed by atoms with Gasteiger partial charge in [0, 0.05) is 5.56 Å². The lowest BCUT2D eigenvalue weighted by Gasteiger charge is -2.31. The van der Waals surface area contributed by atoms with Gasteiger partial charge in [-0.05, 0) is 36.8 Å². The predicted molar refractivity (Wildman–Crippen MR) is 114 cm³/mol. The Balaban J connectivity index is 2.31. The Morgan fingerprint density at radius 1 is 1.13 bits per heavy atom. The predicted octanol–water partition coefficient (Wildman–Crippen LogP) is 2.78. The molecule has 2 rings (SSSR count). The Morgan fingerprint density at radius 3 is 2.26 bits per heavy atom. The maximum absolute atomic E-state index is 13.1. The molecule has 1 aromatic carbocycles. The van der Waals surface area contributed by atoms with Gasteiger partial charge in [-0.2, -0.15) is 4.98 Å². The van der Waals surface area contributed by atoms with Crippen molar-refractivity contribution in [1.29, 1.82) is 0 Å². The second-order valence-corrected chi connectivity index (χ2v) is 9.29. The highest BCUT2D eigenvalue weighted by atomic mass is 16.5. The highest BCUT2D eigenvalue weighted by Gasteiger charge is 2.38. The summed E-state index contributed by atoms with van der Waals surface area (Å²) < 4.78 is 5.42. The fourth-order valence-corrected chi connectivity index (χ4v) is 3.22. The topological polar surface area (TPSA) is 138 Å². The molecule has 170 valence electrons. The summed E-state index contributed by atoms with van der Waals surface area (Å²) in [4.78, 5) is 29.3. The summed E-state index contributed by atoms with van der Waals surface area (Å²) in [5.41, 5.74) is 2.78. The van der Waals surface area contributed by atoms with E-state index in [1.165, 1.54) is 5.48 Å². The minimum atomic E-state index is -1.69. The van der Waals surface area contributed by atoms with E-state index in [0.29, 0.717) is 11.7 Å². The first kappa shape index (κ1) is 24.5. The number of hydrogen-bond donors (Lipinski definition) is 4. The van der Waals surface area contributed by atoms with Crippen molar-refractivity contribution >= 4 is 11.8 Å². The third-order valence-corrected chi connectivity index (χ3v) is 4.97. The third kappa shape index (κ3) is 6.35. The largest absolute Gasteiger partial charge is 0.382 e. The van der Waals surface area contributed by atoms with Crippen LogP contribution in [0, 0.1) is 24.2 Å². The van der Waals surface area contributed by atoms with Gasteiger partial charge in [0.1, 0.15) is 6.10 Å². The quantitative estimate of drug-likeness (QED) is 0.372. The molecule has 0 aliphatic rings. The number of carbonyl (C=O) groups is 2. The summed E-state index contributed by atoms with van der Waals surface area (Å²) >= 11 is 0. The standard InChI is InChI=1S/C22H32N4O5/c1-12(2)11-15(16(27)20(29)25-30)19(28)23-17(22(4,5)6)18-24-21(31-26-18)14-9-7-13(3)8-10-14/h7-10,12,15-17,27,30H,11H2,1-6H3,(H,23,28)(H,25,29)/t15-,16+,17-/m1/s1. The number of amides is 2. The third-order valence-electron chi connectivity index (χ3n) is 4.97. The number of aliphatic hydroxyl groups is 1. The smallest absolute Gasteiger partial charge is 0.272 e. The molecule has 0 unspecified atom stereocenters. The van der Waals surface area contributed by atoms with Crippen LogP contribution >= 0.6 is 0 Å². The number of nitrogens with zero attached hydrogens (tertiary/aromatic N) is 2. The highest BCUT2D eigenvalue weighted by Crippen LogP contribution is 2.33. The summed E-state index contributed by atoms with van der Waals surface area (Å²) in [6.07, 6.45) is -1.44. The lowest BCUT2D eigenvalue weighted by Crippen LogP contribution is -2.48. The number of rotatable bonds is 8. The van der Waals surface area contributed by atoms with Crippen molar-refractivity contribution in [1.82, 2.24) is 20.9 Å². The van der Waals surface area contributed by atoms with Crippen LogP contribution in [0.1, 0.15) is 58.5 Å². The lowest BCUT2D eigenvalue weighted by molar-refractivity contribution is -0.147. The zero-order valence-corrected chi connectivity index (χ0v) is 18.8. The van der Waals surface area contributed by atoms with Crippen LogP contribution in [0.2, 0.25) is 0 Å². The molecular formula is C22H32N4O5. The summed E-state index contributed by atoms with van der Waals surface area (Å²) in [5, 5.41) is 26.1. The molecule has 2 amide bonds. The maximum Gasteiger partial charge on any atom is 0.272 e. The minimum Gasteiger partial charge on any atom is -0.382 e. The molecule has 0 fully saturated rings. The van der Waals surface area contributed by atoms with E-state index in [1.54, 1.807) is 0 Å². The van der Waals surface area contributed by atoms with Crippen LogP contribution in [0.3, 0.4) is 0 Å². The first-order chi connectivity index (χ1) is 14.4. The summed E-state index contributed by atoms with van der Waals surface area (Å²) in [5.74, 6) is -1.97. The number of nitrogens with one attached hydrogen (secondary N) is 2. The fourth-order valence-electron chi connectivity index (χ4n) is 3.22. The zero-order valence-electron chi connectivity index (χ0n) is 18.8. The van der Waals surface area contributed by atoms with Crippen molar-refractivity contribution in [3.05, 3.63) is 35.7 Å². The molecule has 0 saturated carbocycles. The van der Waals surface area contributed by atoms with Crippen LogP contribution in [0.4, 0.5) is 0 Å². The van der Waals surface area contributed by atoms with Gasteiger partial charge in [-0.15, -0.1) is 0 Å². The van der Waals surface area contributed by atoms with Crippen LogP contribution in [-0.2, 0) is 9.59 Å². The minimum absolute atomic E-state index is 0.0308. The van der Waals surface area contributed by atoms with E-state index in [-0.39, 0.29) is 12.3 Å². The van der Waals surface area contributed by atoms with Crippen LogP contribution in [0.15, 0.2) is 28.8 Å². The van der Waals surface area contributed by atoms with Crippen LogP contribution in [-0.4, -0.2) is 38.4 Å². The monoisotopic (exact) mass is 432 g/mol. The molecule has 31 heavy (non-hydrogen) atoms. The van der Waals surface area contributed by atoms with Gasteiger partial charge in [-0.3, -0.25) is 14.8 Å². The molecule has 1 aromatic heterocycles. The number of carbonyl (C=O) groups excluding carboxylic acids is 2. The average Bonchev–Trinajstić information content (AvgIpc) is 3.18. The zero-order chi connectivity index (χ0) is 23.3. The summed E-state index contributed by atoms with van der Waals surface area (Å²) in [7, 11) is 0. The number of hydrogen-bond acceptors (Lipinski definition) is 7. The normalized spacial score (nSPS) is 14.7. The number of aryl methyl sites for hydroxylation is 1. The maximum atomic E-state index is 13.1. The molecule has 0 aliphatic carbocycles. The molecule has 0 bridgehead atoms. The second kappa shape index (κ2) is 10.0. The molecular weight excluding hydrogens is 400 g/mol. The van der Waals surface area contributed by atoms with E-state index < -0.39 is 35.3 Å². The van der Waals surface area contributed by atoms with E-state index in [2.05, 4.69) is 15.5 Å². The van der Waals surface area contributed by atoms with Crippen LogP contribution < -0.4 is 10.8 Å². The molecule has 4 N–H and O–H groups in total. The Kier molecular flexibility index (Phi) is 7.91. The molecule has 0 saturated heterocycles. The van der Waals surface area contributed by atoms with E-state index in [4.69, 9.17) is 9.73 Å². The van der Waals surface area contributed by atoms with Gasteiger partial charge >= 0.3 is 0 Å². The average molecular weight is 433 g/mol. The molecule has 9 nitrogen and oxygen atoms in total. The van der Waals surface area contributed by atoms with E-state index in [9.17, 15) is 14.7 Å². The van der Waals surface area contributed by atoms with E-state index >= 15 is 0 Å². The molecule has 3 atom stereocenters. The molecule has 1 heterocycles. The molecule has 0 aliphatic heterocycles. The SMILES string of the molecule is Cc1ccc(-c2nc([C@@H](NC(=O)[C@H](CC(C)C)[C@H](O)C(=O)NO)C(C)(C)C)no2)cc1. The van der Waals surface area contributed by atoms with Gasteiger partial charge in [0.15, 0.2) is 5.82 Å². The van der Waals surface area contributed by atoms with Crippen molar-refractivity contribution in [3.63, 3.8) is 0 Å². The number of aromatic nitrogens is 2. The van der Waals surface area contributed by atoms with Crippen molar-refractivity contribution in [2.24, 2.45) is 17.3 Å². The fraction of sp³-hybridized carbons (Fsp3) is 0.545. The summed E-state index contributed by atoms with van der Waals surface area (Å²) in [6, 6.07) is 6.99. The Labute approximate surface area is 182 Å². The van der Waals surface area contributed by atoms with Crippen LogP contribution in [0.5, 0.6) is 0 Å². The number of hydroxylamine groups is 1. The Morgan fingerprint density at radius 2 is 1.74 bits per heavy atom. The first-order valence-electron chi connectivity index (χ1n) is 10.3. The highest BCUT2D eigenvalue weighted by molar-refractivity contribution is 5.88. The molecule has 9 heteroatoms. The number of benzene rings is 1.